The van der Waals surface area contributed by atoms with Crippen LogP contribution in [0.3, 0.4) is 0 Å². The van der Waals surface area contributed by atoms with Gasteiger partial charge in [-0.3, -0.25) is 4.79 Å². The van der Waals surface area contributed by atoms with Crippen LogP contribution < -0.4 is 19.7 Å². The first kappa shape index (κ1) is 18.3. The van der Waals surface area contributed by atoms with Gasteiger partial charge in [-0.15, -0.1) is 17.8 Å². The van der Waals surface area contributed by atoms with E-state index in [2.05, 4.69) is 34.8 Å². The van der Waals surface area contributed by atoms with Crippen molar-refractivity contribution in [3.63, 3.8) is 0 Å². The summed E-state index contributed by atoms with van der Waals surface area (Å²) in [5.41, 5.74) is 2.44. The van der Waals surface area contributed by atoms with E-state index in [1.165, 1.54) is 20.9 Å². The zero-order chi connectivity index (χ0) is 18.5. The molecule has 1 amide bonds. The van der Waals surface area contributed by atoms with Crippen molar-refractivity contribution in [1.29, 1.82) is 0 Å². The van der Waals surface area contributed by atoms with Crippen LogP contribution in [0.5, 0.6) is 11.5 Å². The fourth-order valence-corrected chi connectivity index (χ4v) is 4.40. The molecule has 6 heteroatoms. The predicted octanol–water partition coefficient (Wildman–Crippen LogP) is 1.05. The van der Waals surface area contributed by atoms with E-state index in [-0.39, 0.29) is 18.5 Å². The van der Waals surface area contributed by atoms with E-state index >= 15 is 0 Å². The number of fused-ring (bicyclic) bond motifs is 1. The van der Waals surface area contributed by atoms with Gasteiger partial charge < -0.3 is 19.7 Å². The quantitative estimate of drug-likeness (QED) is 0.747. The molecule has 2 atom stereocenters. The molecule has 0 saturated heterocycles. The fourth-order valence-electron chi connectivity index (χ4n) is 3.50. The summed E-state index contributed by atoms with van der Waals surface area (Å²) in [7, 11) is 3.29. The molecule has 136 valence electrons. The molecular weight excluding hydrogens is 348 g/mol. The van der Waals surface area contributed by atoms with Gasteiger partial charge in [0.2, 0.25) is 0 Å². The van der Waals surface area contributed by atoms with Crippen LogP contribution in [-0.2, 0) is 11.2 Å². The van der Waals surface area contributed by atoms with Gasteiger partial charge in [0, 0.05) is 12.0 Å². The molecule has 0 saturated carbocycles. The highest BCUT2D eigenvalue weighted by Crippen LogP contribution is 2.36. The smallest absolute Gasteiger partial charge is 0.275 e. The van der Waals surface area contributed by atoms with Gasteiger partial charge >= 0.3 is 0 Å². The maximum atomic E-state index is 12.3. The summed E-state index contributed by atoms with van der Waals surface area (Å²) < 4.78 is 11.0. The Bertz CT molecular complexity index is 811. The number of methoxy groups -OCH3 is 2. The van der Waals surface area contributed by atoms with Crippen LogP contribution >= 0.6 is 11.3 Å². The van der Waals surface area contributed by atoms with E-state index in [1.807, 2.05) is 6.07 Å². The first-order valence-electron chi connectivity index (χ1n) is 8.50. The summed E-state index contributed by atoms with van der Waals surface area (Å²) in [4.78, 5) is 14.7. The van der Waals surface area contributed by atoms with Crippen molar-refractivity contribution in [3.8, 4) is 23.8 Å². The monoisotopic (exact) mass is 371 g/mol. The van der Waals surface area contributed by atoms with Crippen molar-refractivity contribution in [2.24, 2.45) is 0 Å². The van der Waals surface area contributed by atoms with Gasteiger partial charge in [-0.25, -0.2) is 0 Å². The summed E-state index contributed by atoms with van der Waals surface area (Å²) in [6.07, 6.45) is 6.13. The van der Waals surface area contributed by atoms with Crippen LogP contribution in [-0.4, -0.2) is 39.8 Å². The molecular formula is C20H23N2O3S+. The molecule has 0 bridgehead atoms. The Morgan fingerprint density at radius 3 is 2.81 bits per heavy atom. The highest BCUT2D eigenvalue weighted by molar-refractivity contribution is 7.10. The Hall–Kier alpha value is -2.49. The minimum absolute atomic E-state index is 0.0246. The summed E-state index contributed by atoms with van der Waals surface area (Å²) in [6, 6.07) is 8.38. The van der Waals surface area contributed by atoms with Gasteiger partial charge in [-0.2, -0.15) is 0 Å². The molecule has 3 rings (SSSR count). The van der Waals surface area contributed by atoms with Crippen LogP contribution in [0, 0.1) is 12.3 Å². The minimum atomic E-state index is -0.0246. The lowest BCUT2D eigenvalue weighted by molar-refractivity contribution is -0.919. The zero-order valence-corrected chi connectivity index (χ0v) is 15.8. The number of rotatable bonds is 6. The molecule has 2 aromatic rings. The molecule has 2 N–H and O–H groups in total. The van der Waals surface area contributed by atoms with Gasteiger partial charge in [0.25, 0.3) is 5.91 Å². The van der Waals surface area contributed by atoms with Crippen molar-refractivity contribution in [1.82, 2.24) is 5.32 Å². The van der Waals surface area contributed by atoms with Crippen molar-refractivity contribution in [3.05, 3.63) is 45.6 Å². The number of ether oxygens (including phenoxy) is 2. The predicted molar refractivity (Wildman–Crippen MR) is 102 cm³/mol. The largest absolute Gasteiger partial charge is 0.493 e. The van der Waals surface area contributed by atoms with E-state index < -0.39 is 0 Å². The van der Waals surface area contributed by atoms with Crippen LogP contribution in [0.2, 0.25) is 0 Å². The molecule has 2 heterocycles. The third-order valence-electron chi connectivity index (χ3n) is 4.68. The van der Waals surface area contributed by atoms with E-state index in [1.54, 1.807) is 25.6 Å². The minimum Gasteiger partial charge on any atom is -0.493 e. The van der Waals surface area contributed by atoms with E-state index in [0.717, 1.165) is 18.7 Å². The number of thiophene rings is 1. The topological polar surface area (TPSA) is 52.0 Å². The van der Waals surface area contributed by atoms with E-state index in [9.17, 15) is 4.79 Å². The fraction of sp³-hybridized carbons (Fsp3) is 0.350. The average Bonchev–Trinajstić information content (AvgIpc) is 3.19. The Labute approximate surface area is 157 Å². The summed E-state index contributed by atoms with van der Waals surface area (Å²) in [5, 5.41) is 4.84. The van der Waals surface area contributed by atoms with Crippen molar-refractivity contribution < 1.29 is 19.2 Å². The normalized spacial score (nSPS) is 18.5. The second-order valence-electron chi connectivity index (χ2n) is 6.17. The molecule has 26 heavy (non-hydrogen) atoms. The Morgan fingerprint density at radius 2 is 2.15 bits per heavy atom. The third-order valence-corrected chi connectivity index (χ3v) is 5.62. The van der Waals surface area contributed by atoms with Gasteiger partial charge in [-0.1, -0.05) is 12.0 Å². The van der Waals surface area contributed by atoms with Crippen LogP contribution in [0.4, 0.5) is 0 Å². The lowest BCUT2D eigenvalue weighted by Gasteiger charge is -2.34. The highest BCUT2D eigenvalue weighted by Gasteiger charge is 2.35. The lowest BCUT2D eigenvalue weighted by Crippen LogP contribution is -3.14. The number of amides is 1. The molecule has 1 aromatic heterocycles. The molecule has 0 aliphatic carbocycles. The molecule has 1 aliphatic rings. The zero-order valence-electron chi connectivity index (χ0n) is 15.0. The molecule has 1 unspecified atom stereocenters. The Morgan fingerprint density at radius 1 is 1.38 bits per heavy atom. The number of carbonyl (C=O) groups is 1. The Balaban J connectivity index is 1.97. The third kappa shape index (κ3) is 3.69. The van der Waals surface area contributed by atoms with Gasteiger partial charge in [-0.05, 0) is 29.1 Å². The molecule has 1 aromatic carbocycles. The number of quaternary nitrogens is 1. The summed E-state index contributed by atoms with van der Waals surface area (Å²) in [5.74, 6) is 3.88. The lowest BCUT2D eigenvalue weighted by atomic mass is 9.91. The number of benzene rings is 1. The van der Waals surface area contributed by atoms with Crippen molar-refractivity contribution >= 4 is 17.2 Å². The van der Waals surface area contributed by atoms with Crippen molar-refractivity contribution in [2.45, 2.75) is 12.5 Å². The second-order valence-corrected chi connectivity index (χ2v) is 7.15. The molecule has 0 fully saturated rings. The number of hydrogen-bond acceptors (Lipinski definition) is 4. The van der Waals surface area contributed by atoms with Crippen LogP contribution in [0.15, 0.2) is 29.6 Å². The Kier molecular flexibility index (Phi) is 5.82. The molecule has 0 spiro atoms. The molecule has 1 aliphatic heterocycles. The van der Waals surface area contributed by atoms with Crippen molar-refractivity contribution in [2.75, 3.05) is 33.9 Å². The molecule has 0 radical (unpaired) electrons. The second kappa shape index (κ2) is 8.26. The maximum absolute atomic E-state index is 12.3. The highest BCUT2D eigenvalue weighted by atomic mass is 32.1. The van der Waals surface area contributed by atoms with Gasteiger partial charge in [0.1, 0.15) is 6.04 Å². The van der Waals surface area contributed by atoms with Crippen LogP contribution in [0.1, 0.15) is 22.0 Å². The molecule has 5 nitrogen and oxygen atoms in total. The van der Waals surface area contributed by atoms with Gasteiger partial charge in [0.05, 0.1) is 32.2 Å². The van der Waals surface area contributed by atoms with E-state index in [0.29, 0.717) is 12.3 Å². The first-order valence-corrected chi connectivity index (χ1v) is 9.38. The van der Waals surface area contributed by atoms with Gasteiger partial charge in [0.15, 0.2) is 18.0 Å². The SMILES string of the molecule is C#CCNC(=O)C[NH+]1CCc2cc(OC)c(OC)cc2[C@@H]1c1cccs1. The number of carbonyl (C=O) groups excluding carboxylic acids is 1. The maximum Gasteiger partial charge on any atom is 0.275 e. The summed E-state index contributed by atoms with van der Waals surface area (Å²) in [6.45, 7) is 1.52. The van der Waals surface area contributed by atoms with E-state index in [4.69, 9.17) is 15.9 Å². The van der Waals surface area contributed by atoms with Crippen LogP contribution in [0.25, 0.3) is 0 Å². The summed E-state index contributed by atoms with van der Waals surface area (Å²) >= 11 is 1.71. The first-order chi connectivity index (χ1) is 12.7. The number of terminal acetylenes is 1. The number of nitrogens with one attached hydrogen (secondary N) is 2. The standard InChI is InChI=1S/C20H22N2O3S/c1-4-8-21-19(23)13-22-9-7-14-11-16(24-2)17(25-3)12-15(14)20(22)18-6-5-10-26-18/h1,5-6,10-12,20H,7-9,13H2,2-3H3,(H,21,23)/p+1/t20-/m1/s1. The number of hydrogen-bond donors (Lipinski definition) is 2. The average molecular weight is 371 g/mol.